The maximum Gasteiger partial charge on any atom is 0.241 e. The van der Waals surface area contributed by atoms with Crippen molar-refractivity contribution in [2.45, 2.75) is 26.8 Å². The van der Waals surface area contributed by atoms with Crippen molar-refractivity contribution in [2.75, 3.05) is 39.1 Å². The van der Waals surface area contributed by atoms with Gasteiger partial charge in [-0.05, 0) is 46.0 Å². The van der Waals surface area contributed by atoms with Crippen molar-refractivity contribution in [2.24, 2.45) is 0 Å². The van der Waals surface area contributed by atoms with Crippen molar-refractivity contribution >= 4 is 29.1 Å². The molecule has 0 radical (unpaired) electrons. The maximum absolute atomic E-state index is 12.4. The summed E-state index contributed by atoms with van der Waals surface area (Å²) in [4.78, 5) is 28.1. The molecule has 0 aliphatic rings. The summed E-state index contributed by atoms with van der Waals surface area (Å²) in [5.41, 5.74) is 0.505. The summed E-state index contributed by atoms with van der Waals surface area (Å²) >= 11 is 5.97. The van der Waals surface area contributed by atoms with E-state index in [4.69, 9.17) is 16.3 Å². The lowest BCUT2D eigenvalue weighted by Gasteiger charge is -2.27. The molecule has 24 heavy (non-hydrogen) atoms. The van der Waals surface area contributed by atoms with Crippen LogP contribution in [0.15, 0.2) is 18.2 Å². The van der Waals surface area contributed by atoms with Gasteiger partial charge in [0.05, 0.1) is 25.4 Å². The molecule has 0 saturated heterocycles. The summed E-state index contributed by atoms with van der Waals surface area (Å²) in [7, 11) is 3.28. The Balaban J connectivity index is 2.74. The highest BCUT2D eigenvalue weighted by molar-refractivity contribution is 6.31. The molecule has 1 atom stereocenters. The molecule has 7 heteroatoms. The van der Waals surface area contributed by atoms with Gasteiger partial charge in [0.15, 0.2) is 0 Å². The van der Waals surface area contributed by atoms with Gasteiger partial charge in [0, 0.05) is 18.1 Å². The van der Waals surface area contributed by atoms with E-state index in [2.05, 4.69) is 5.32 Å². The van der Waals surface area contributed by atoms with Gasteiger partial charge in [-0.3, -0.25) is 14.5 Å². The number of hydrogen-bond donors (Lipinski definition) is 1. The number of hydrogen-bond acceptors (Lipinski definition) is 4. The van der Waals surface area contributed by atoms with Crippen LogP contribution >= 0.6 is 11.6 Å². The molecular weight excluding hydrogens is 330 g/mol. The third-order valence-electron chi connectivity index (χ3n) is 3.96. The zero-order valence-corrected chi connectivity index (χ0v) is 15.7. The molecule has 1 rings (SSSR count). The second kappa shape index (κ2) is 9.49. The fourth-order valence-corrected chi connectivity index (χ4v) is 2.41. The number of nitrogens with zero attached hydrogens (tertiary/aromatic N) is 2. The topological polar surface area (TPSA) is 61.9 Å². The Morgan fingerprint density at radius 1 is 1.29 bits per heavy atom. The lowest BCUT2D eigenvalue weighted by atomic mass is 10.2. The molecular formula is C17H26ClN3O3. The number of benzene rings is 1. The number of amides is 2. The van der Waals surface area contributed by atoms with Crippen LogP contribution in [0.5, 0.6) is 5.75 Å². The number of methoxy groups -OCH3 is 1. The monoisotopic (exact) mass is 355 g/mol. The number of carbonyl (C=O) groups is 2. The van der Waals surface area contributed by atoms with E-state index in [9.17, 15) is 9.59 Å². The average molecular weight is 356 g/mol. The number of ether oxygens (including phenoxy) is 1. The Kier molecular flexibility index (Phi) is 8.01. The van der Waals surface area contributed by atoms with Crippen molar-refractivity contribution in [1.29, 1.82) is 0 Å². The van der Waals surface area contributed by atoms with Gasteiger partial charge >= 0.3 is 0 Å². The zero-order chi connectivity index (χ0) is 18.3. The second-order valence-corrected chi connectivity index (χ2v) is 5.93. The summed E-state index contributed by atoms with van der Waals surface area (Å²) in [6.45, 7) is 7.11. The Morgan fingerprint density at radius 3 is 2.46 bits per heavy atom. The van der Waals surface area contributed by atoms with E-state index in [-0.39, 0.29) is 18.4 Å². The van der Waals surface area contributed by atoms with Crippen LogP contribution in [0.3, 0.4) is 0 Å². The minimum Gasteiger partial charge on any atom is -0.495 e. The number of nitrogens with one attached hydrogen (secondary N) is 1. The minimum absolute atomic E-state index is 0.00230. The first kappa shape index (κ1) is 20.3. The van der Waals surface area contributed by atoms with E-state index >= 15 is 0 Å². The predicted octanol–water partition coefficient (Wildman–Crippen LogP) is 2.48. The summed E-state index contributed by atoms with van der Waals surface area (Å²) in [6.07, 6.45) is 0. The normalized spacial score (nSPS) is 12.0. The lowest BCUT2D eigenvalue weighted by molar-refractivity contribution is -0.133. The van der Waals surface area contributed by atoms with Crippen molar-refractivity contribution in [1.82, 2.24) is 9.80 Å². The molecule has 0 fully saturated rings. The Hall–Kier alpha value is -1.79. The SMILES string of the molecule is CCN(CC)C(=O)CN(C)C(C)C(=O)Nc1cc(Cl)ccc1OC. The van der Waals surface area contributed by atoms with Crippen molar-refractivity contribution in [3.8, 4) is 5.75 Å². The molecule has 0 bridgehead atoms. The second-order valence-electron chi connectivity index (χ2n) is 5.49. The van der Waals surface area contributed by atoms with Crippen LogP contribution in [-0.2, 0) is 9.59 Å². The quantitative estimate of drug-likeness (QED) is 0.778. The molecule has 0 aromatic heterocycles. The van der Waals surface area contributed by atoms with Crippen molar-refractivity contribution < 1.29 is 14.3 Å². The van der Waals surface area contributed by atoms with E-state index in [1.165, 1.54) is 7.11 Å². The smallest absolute Gasteiger partial charge is 0.241 e. The molecule has 1 N–H and O–H groups in total. The van der Waals surface area contributed by atoms with E-state index in [0.29, 0.717) is 29.5 Å². The highest BCUT2D eigenvalue weighted by Crippen LogP contribution is 2.27. The number of anilines is 1. The third-order valence-corrected chi connectivity index (χ3v) is 4.20. The van der Waals surface area contributed by atoms with E-state index in [1.807, 2.05) is 13.8 Å². The first-order valence-corrected chi connectivity index (χ1v) is 8.34. The predicted molar refractivity (Wildman–Crippen MR) is 96.7 cm³/mol. The van der Waals surface area contributed by atoms with Crippen LogP contribution in [0, 0.1) is 0 Å². The number of halogens is 1. The van der Waals surface area contributed by atoms with Gasteiger partial charge in [0.1, 0.15) is 5.75 Å². The van der Waals surface area contributed by atoms with Gasteiger partial charge in [0.25, 0.3) is 0 Å². The molecule has 134 valence electrons. The fourth-order valence-electron chi connectivity index (χ4n) is 2.24. The van der Waals surface area contributed by atoms with Crippen LogP contribution in [0.1, 0.15) is 20.8 Å². The summed E-state index contributed by atoms with van der Waals surface area (Å²) in [5, 5.41) is 3.30. The average Bonchev–Trinajstić information content (AvgIpc) is 2.55. The van der Waals surface area contributed by atoms with Crippen LogP contribution in [0.4, 0.5) is 5.69 Å². The maximum atomic E-state index is 12.4. The van der Waals surface area contributed by atoms with Crippen LogP contribution in [0.2, 0.25) is 5.02 Å². The molecule has 6 nitrogen and oxygen atoms in total. The van der Waals surface area contributed by atoms with Gasteiger partial charge in [-0.2, -0.15) is 0 Å². The highest BCUT2D eigenvalue weighted by Gasteiger charge is 2.22. The van der Waals surface area contributed by atoms with Gasteiger partial charge in [-0.15, -0.1) is 0 Å². The summed E-state index contributed by atoms with van der Waals surface area (Å²) < 4.78 is 5.22. The van der Waals surface area contributed by atoms with Gasteiger partial charge in [-0.25, -0.2) is 0 Å². The molecule has 1 aromatic carbocycles. The number of carbonyl (C=O) groups excluding carboxylic acids is 2. The molecule has 0 heterocycles. The van der Waals surface area contributed by atoms with E-state index in [0.717, 1.165) is 0 Å². The van der Waals surface area contributed by atoms with Gasteiger partial charge in [-0.1, -0.05) is 11.6 Å². The molecule has 2 amide bonds. The first-order chi connectivity index (χ1) is 11.3. The lowest BCUT2D eigenvalue weighted by Crippen LogP contribution is -2.46. The van der Waals surface area contributed by atoms with Crippen LogP contribution in [0.25, 0.3) is 0 Å². The summed E-state index contributed by atoms with van der Waals surface area (Å²) in [5.74, 6) is 0.301. The van der Waals surface area contributed by atoms with E-state index in [1.54, 1.807) is 42.0 Å². The Morgan fingerprint density at radius 2 is 1.92 bits per heavy atom. The first-order valence-electron chi connectivity index (χ1n) is 7.96. The van der Waals surface area contributed by atoms with Crippen molar-refractivity contribution in [3.63, 3.8) is 0 Å². The van der Waals surface area contributed by atoms with E-state index < -0.39 is 6.04 Å². The molecule has 1 aromatic rings. The largest absolute Gasteiger partial charge is 0.495 e. The number of rotatable bonds is 8. The highest BCUT2D eigenvalue weighted by atomic mass is 35.5. The van der Waals surface area contributed by atoms with Crippen LogP contribution < -0.4 is 10.1 Å². The Bertz CT molecular complexity index is 576. The van der Waals surface area contributed by atoms with Gasteiger partial charge in [0.2, 0.25) is 11.8 Å². The minimum atomic E-state index is -0.479. The van der Waals surface area contributed by atoms with Crippen molar-refractivity contribution in [3.05, 3.63) is 23.2 Å². The Labute approximate surface area is 148 Å². The number of likely N-dealkylation sites (N-methyl/N-ethyl adjacent to an activating group) is 2. The third kappa shape index (κ3) is 5.39. The van der Waals surface area contributed by atoms with Gasteiger partial charge < -0.3 is 15.0 Å². The molecule has 0 spiro atoms. The molecule has 1 unspecified atom stereocenters. The summed E-state index contributed by atoms with van der Waals surface area (Å²) in [6, 6.07) is 4.53. The molecule has 0 aliphatic heterocycles. The fraction of sp³-hybridized carbons (Fsp3) is 0.529. The molecule has 0 aliphatic carbocycles. The zero-order valence-electron chi connectivity index (χ0n) is 14.9. The standard InChI is InChI=1S/C17H26ClN3O3/c1-6-21(7-2)16(22)11-20(4)12(3)17(23)19-14-10-13(18)8-9-15(14)24-5/h8-10,12H,6-7,11H2,1-5H3,(H,19,23). The van der Waals surface area contributed by atoms with Crippen LogP contribution in [-0.4, -0.2) is 61.4 Å². The molecule has 0 saturated carbocycles.